The van der Waals surface area contributed by atoms with Crippen LogP contribution in [0.3, 0.4) is 0 Å². The van der Waals surface area contributed by atoms with Gasteiger partial charge in [0.2, 0.25) is 11.1 Å². The number of anilines is 1. The van der Waals surface area contributed by atoms with Gasteiger partial charge in [0.05, 0.1) is 11.4 Å². The third kappa shape index (κ3) is 4.40. The van der Waals surface area contributed by atoms with Crippen LogP contribution in [0.1, 0.15) is 10.7 Å². The van der Waals surface area contributed by atoms with Gasteiger partial charge in [0.25, 0.3) is 0 Å². The van der Waals surface area contributed by atoms with Crippen LogP contribution in [-0.2, 0) is 11.2 Å². The van der Waals surface area contributed by atoms with Crippen molar-refractivity contribution in [1.82, 2.24) is 15.2 Å². The van der Waals surface area contributed by atoms with Gasteiger partial charge >= 0.3 is 0 Å². The molecule has 0 radical (unpaired) electrons. The van der Waals surface area contributed by atoms with Crippen molar-refractivity contribution in [3.63, 3.8) is 0 Å². The normalized spacial score (nSPS) is 10.7. The van der Waals surface area contributed by atoms with Crippen LogP contribution < -0.4 is 5.32 Å². The highest BCUT2D eigenvalue weighted by Gasteiger charge is 2.10. The number of nitrogens with zero attached hydrogens (tertiary/aromatic N) is 2. The predicted molar refractivity (Wildman–Crippen MR) is 89.3 cm³/mol. The van der Waals surface area contributed by atoms with Crippen LogP contribution in [-0.4, -0.2) is 26.8 Å². The Labute approximate surface area is 140 Å². The number of halogens is 1. The van der Waals surface area contributed by atoms with E-state index in [2.05, 4.69) is 20.5 Å². The third-order valence-electron chi connectivity index (χ3n) is 2.91. The zero-order valence-corrected chi connectivity index (χ0v) is 13.6. The molecule has 0 saturated carbocycles. The van der Waals surface area contributed by atoms with Crippen molar-refractivity contribution in [3.05, 3.63) is 58.3 Å². The summed E-state index contributed by atoms with van der Waals surface area (Å²) in [6.07, 6.45) is 0.687. The van der Waals surface area contributed by atoms with E-state index in [1.54, 1.807) is 23.5 Å². The van der Waals surface area contributed by atoms with E-state index in [1.807, 2.05) is 17.5 Å². The lowest BCUT2D eigenvalue weighted by molar-refractivity contribution is -0.113. The largest absolute Gasteiger partial charge is 0.323 e. The minimum Gasteiger partial charge on any atom is -0.323 e. The molecular formula is C15H13FN4OS2. The monoisotopic (exact) mass is 348 g/mol. The van der Waals surface area contributed by atoms with Crippen molar-refractivity contribution in [2.75, 3.05) is 11.1 Å². The maximum Gasteiger partial charge on any atom is 0.234 e. The van der Waals surface area contributed by atoms with Crippen LogP contribution in [0.5, 0.6) is 0 Å². The number of amides is 1. The molecule has 3 aromatic rings. The van der Waals surface area contributed by atoms with Crippen molar-refractivity contribution < 1.29 is 9.18 Å². The summed E-state index contributed by atoms with van der Waals surface area (Å²) in [4.78, 5) is 17.4. The van der Waals surface area contributed by atoms with Gasteiger partial charge in [-0.2, -0.15) is 0 Å². The van der Waals surface area contributed by atoms with Crippen LogP contribution in [0.25, 0.3) is 0 Å². The summed E-state index contributed by atoms with van der Waals surface area (Å²) in [5.74, 6) is 0.112. The number of aromatic nitrogens is 3. The first-order chi connectivity index (χ1) is 11.2. The van der Waals surface area contributed by atoms with Gasteiger partial charge in [-0.25, -0.2) is 9.37 Å². The highest BCUT2D eigenvalue weighted by Crippen LogP contribution is 2.17. The number of nitrogens with one attached hydrogen (secondary N) is 2. The van der Waals surface area contributed by atoms with E-state index in [1.165, 1.54) is 28.8 Å². The molecule has 8 heteroatoms. The van der Waals surface area contributed by atoms with Gasteiger partial charge in [0, 0.05) is 11.3 Å². The van der Waals surface area contributed by atoms with Crippen molar-refractivity contribution in [3.8, 4) is 0 Å². The SMILES string of the molecule is O=C(CSc1n[nH]c(Cc2cccs2)n1)Nc1ccccc1F. The van der Waals surface area contributed by atoms with Gasteiger partial charge in [-0.1, -0.05) is 30.0 Å². The van der Waals surface area contributed by atoms with Gasteiger partial charge in [-0.05, 0) is 23.6 Å². The Morgan fingerprint density at radius 3 is 2.96 bits per heavy atom. The summed E-state index contributed by atoms with van der Waals surface area (Å²) in [6.45, 7) is 0. The minimum absolute atomic E-state index is 0.116. The highest BCUT2D eigenvalue weighted by atomic mass is 32.2. The molecule has 23 heavy (non-hydrogen) atoms. The van der Waals surface area contributed by atoms with Gasteiger partial charge in [-0.15, -0.1) is 16.4 Å². The van der Waals surface area contributed by atoms with Crippen LogP contribution in [0.2, 0.25) is 0 Å². The summed E-state index contributed by atoms with van der Waals surface area (Å²) in [5, 5.41) is 12.0. The average Bonchev–Trinajstić information content (AvgIpc) is 3.20. The number of rotatable bonds is 6. The molecule has 3 rings (SSSR count). The predicted octanol–water partition coefficient (Wildman–Crippen LogP) is 3.33. The zero-order chi connectivity index (χ0) is 16.1. The second kappa shape index (κ2) is 7.38. The van der Waals surface area contributed by atoms with Crippen molar-refractivity contribution in [2.45, 2.75) is 11.6 Å². The second-order valence-electron chi connectivity index (χ2n) is 4.64. The molecule has 5 nitrogen and oxygen atoms in total. The number of carbonyl (C=O) groups is 1. The van der Waals surface area contributed by atoms with E-state index in [0.29, 0.717) is 11.6 Å². The molecule has 0 atom stereocenters. The standard InChI is InChI=1S/C15H13FN4OS2/c16-11-5-1-2-6-12(11)17-14(21)9-23-15-18-13(19-20-15)8-10-4-3-7-22-10/h1-7H,8-9H2,(H,17,21)(H,18,19,20). The van der Waals surface area contributed by atoms with Crippen molar-refractivity contribution in [2.24, 2.45) is 0 Å². The molecule has 0 unspecified atom stereocenters. The summed E-state index contributed by atoms with van der Waals surface area (Å²) in [6, 6.07) is 10.1. The first-order valence-electron chi connectivity index (χ1n) is 6.81. The first-order valence-corrected chi connectivity index (χ1v) is 8.68. The number of thioether (sulfide) groups is 1. The molecule has 0 fully saturated rings. The molecule has 1 amide bonds. The molecule has 0 bridgehead atoms. The zero-order valence-electron chi connectivity index (χ0n) is 12.0. The van der Waals surface area contributed by atoms with E-state index in [4.69, 9.17) is 0 Å². The van der Waals surface area contributed by atoms with Crippen LogP contribution in [0.4, 0.5) is 10.1 Å². The number of H-pyrrole nitrogens is 1. The molecule has 0 aliphatic carbocycles. The van der Waals surface area contributed by atoms with E-state index in [0.717, 1.165) is 5.82 Å². The van der Waals surface area contributed by atoms with Crippen LogP contribution in [0.15, 0.2) is 46.9 Å². The van der Waals surface area contributed by atoms with Crippen LogP contribution in [0, 0.1) is 5.82 Å². The van der Waals surface area contributed by atoms with Gasteiger partial charge in [0.1, 0.15) is 11.6 Å². The van der Waals surface area contributed by atoms with Crippen molar-refractivity contribution >= 4 is 34.7 Å². The summed E-state index contributed by atoms with van der Waals surface area (Å²) >= 11 is 2.86. The molecule has 2 aromatic heterocycles. The van der Waals surface area contributed by atoms with E-state index < -0.39 is 5.82 Å². The molecule has 2 heterocycles. The van der Waals surface area contributed by atoms with Gasteiger partial charge in [0.15, 0.2) is 0 Å². The number of thiophene rings is 1. The molecule has 0 aliphatic heterocycles. The quantitative estimate of drug-likeness (QED) is 0.671. The molecular weight excluding hydrogens is 335 g/mol. The van der Waals surface area contributed by atoms with Gasteiger partial charge in [-0.3, -0.25) is 9.89 Å². The molecule has 0 aliphatic rings. The fraction of sp³-hybridized carbons (Fsp3) is 0.133. The van der Waals surface area contributed by atoms with Crippen molar-refractivity contribution in [1.29, 1.82) is 0 Å². The smallest absolute Gasteiger partial charge is 0.234 e. The number of para-hydroxylation sites is 1. The van der Waals surface area contributed by atoms with E-state index >= 15 is 0 Å². The Kier molecular flexibility index (Phi) is 5.04. The minimum atomic E-state index is -0.457. The summed E-state index contributed by atoms with van der Waals surface area (Å²) < 4.78 is 13.4. The fourth-order valence-electron chi connectivity index (χ4n) is 1.88. The average molecular weight is 348 g/mol. The summed E-state index contributed by atoms with van der Waals surface area (Å²) in [7, 11) is 0. The Morgan fingerprint density at radius 1 is 1.30 bits per heavy atom. The number of benzene rings is 1. The second-order valence-corrected chi connectivity index (χ2v) is 6.61. The Bertz CT molecular complexity index is 788. The molecule has 2 N–H and O–H groups in total. The molecule has 118 valence electrons. The molecule has 0 saturated heterocycles. The van der Waals surface area contributed by atoms with Crippen LogP contribution >= 0.6 is 23.1 Å². The lowest BCUT2D eigenvalue weighted by Crippen LogP contribution is -2.15. The number of aromatic amines is 1. The molecule has 0 spiro atoms. The Balaban J connectivity index is 1.51. The Morgan fingerprint density at radius 2 is 2.17 bits per heavy atom. The lowest BCUT2D eigenvalue weighted by Gasteiger charge is -2.04. The fourth-order valence-corrected chi connectivity index (χ4v) is 3.20. The van der Waals surface area contributed by atoms with E-state index in [9.17, 15) is 9.18 Å². The number of carbonyl (C=O) groups excluding carboxylic acids is 1. The molecule has 1 aromatic carbocycles. The van der Waals surface area contributed by atoms with E-state index in [-0.39, 0.29) is 17.3 Å². The highest BCUT2D eigenvalue weighted by molar-refractivity contribution is 7.99. The Hall–Kier alpha value is -2.19. The first kappa shape index (κ1) is 15.7. The number of hydrogen-bond donors (Lipinski definition) is 2. The maximum absolute atomic E-state index is 13.4. The maximum atomic E-state index is 13.4. The third-order valence-corrected chi connectivity index (χ3v) is 4.64. The van der Waals surface area contributed by atoms with Gasteiger partial charge < -0.3 is 5.32 Å². The number of hydrogen-bond acceptors (Lipinski definition) is 5. The topological polar surface area (TPSA) is 70.7 Å². The lowest BCUT2D eigenvalue weighted by atomic mass is 10.3. The summed E-state index contributed by atoms with van der Waals surface area (Å²) in [5.41, 5.74) is 0.173.